The van der Waals surface area contributed by atoms with Crippen LogP contribution >= 0.6 is 11.6 Å². The van der Waals surface area contributed by atoms with Crippen LogP contribution in [0.3, 0.4) is 0 Å². The SMILES string of the molecule is COCCN=CC=C(N)c1nc(C)nc2c1CCN(C(=O)c1cccc(C(F)(F)F)c1Cl)C2. The largest absolute Gasteiger partial charge is 0.417 e. The summed E-state index contributed by atoms with van der Waals surface area (Å²) in [7, 11) is 1.59. The standard InChI is InChI=1S/C22H23ClF3N5O2/c1-13-29-18-12-31(21(32)15-4-3-5-16(19(15)23)22(24,25)26)10-7-14(18)20(30-13)17(27)6-8-28-9-11-33-2/h3-6,8H,7,9-12,27H2,1-2H3. The zero-order valence-electron chi connectivity index (χ0n) is 18.1. The molecule has 0 saturated heterocycles. The van der Waals surface area contributed by atoms with Crippen LogP contribution < -0.4 is 5.73 Å². The lowest BCUT2D eigenvalue weighted by molar-refractivity contribution is -0.137. The van der Waals surface area contributed by atoms with Crippen molar-refractivity contribution in [2.45, 2.75) is 26.1 Å². The van der Waals surface area contributed by atoms with E-state index in [9.17, 15) is 18.0 Å². The lowest BCUT2D eigenvalue weighted by Crippen LogP contribution is -2.37. The third-order valence-electron chi connectivity index (χ3n) is 5.06. The molecule has 33 heavy (non-hydrogen) atoms. The van der Waals surface area contributed by atoms with Crippen molar-refractivity contribution in [2.24, 2.45) is 10.7 Å². The van der Waals surface area contributed by atoms with Crippen LogP contribution in [0.4, 0.5) is 13.2 Å². The number of carbonyl (C=O) groups is 1. The fourth-order valence-corrected chi connectivity index (χ4v) is 3.80. The molecule has 0 unspecified atom stereocenters. The van der Waals surface area contributed by atoms with Crippen molar-refractivity contribution in [3.8, 4) is 0 Å². The van der Waals surface area contributed by atoms with Crippen molar-refractivity contribution in [1.82, 2.24) is 14.9 Å². The van der Waals surface area contributed by atoms with Gasteiger partial charge in [0.15, 0.2) is 0 Å². The van der Waals surface area contributed by atoms with Gasteiger partial charge in [-0.3, -0.25) is 9.79 Å². The second kappa shape index (κ2) is 10.3. The molecule has 0 radical (unpaired) electrons. The Balaban J connectivity index is 1.86. The summed E-state index contributed by atoms with van der Waals surface area (Å²) in [5.41, 5.74) is 7.30. The van der Waals surface area contributed by atoms with Crippen molar-refractivity contribution < 1.29 is 22.7 Å². The summed E-state index contributed by atoms with van der Waals surface area (Å²) in [6.07, 6.45) is -1.05. The van der Waals surface area contributed by atoms with E-state index in [0.29, 0.717) is 42.5 Å². The van der Waals surface area contributed by atoms with Crippen LogP contribution in [0.15, 0.2) is 29.3 Å². The fraction of sp³-hybridized carbons (Fsp3) is 0.364. The summed E-state index contributed by atoms with van der Waals surface area (Å²) in [4.78, 5) is 27.5. The molecular weight excluding hydrogens is 459 g/mol. The highest BCUT2D eigenvalue weighted by molar-refractivity contribution is 6.34. The van der Waals surface area contributed by atoms with E-state index in [1.807, 2.05) is 0 Å². The topological polar surface area (TPSA) is 93.7 Å². The number of nitrogens with two attached hydrogens (primary N) is 1. The number of rotatable bonds is 6. The Labute approximate surface area is 194 Å². The lowest BCUT2D eigenvalue weighted by atomic mass is 9.99. The second-order valence-electron chi connectivity index (χ2n) is 7.36. The first-order chi connectivity index (χ1) is 15.6. The number of nitrogens with zero attached hydrogens (tertiary/aromatic N) is 4. The number of hydrogen-bond acceptors (Lipinski definition) is 6. The Morgan fingerprint density at radius 1 is 1.36 bits per heavy atom. The highest BCUT2D eigenvalue weighted by atomic mass is 35.5. The van der Waals surface area contributed by atoms with E-state index in [0.717, 1.165) is 11.6 Å². The van der Waals surface area contributed by atoms with Gasteiger partial charge in [-0.15, -0.1) is 0 Å². The van der Waals surface area contributed by atoms with Crippen LogP contribution in [0.25, 0.3) is 5.70 Å². The molecule has 0 atom stereocenters. The zero-order valence-corrected chi connectivity index (χ0v) is 18.9. The maximum atomic E-state index is 13.2. The van der Waals surface area contributed by atoms with Crippen molar-refractivity contribution in [2.75, 3.05) is 26.8 Å². The minimum Gasteiger partial charge on any atom is -0.397 e. The number of ether oxygens (including phenoxy) is 1. The van der Waals surface area contributed by atoms with Gasteiger partial charge < -0.3 is 15.4 Å². The maximum Gasteiger partial charge on any atom is 0.417 e. The molecule has 7 nitrogen and oxygen atoms in total. The van der Waals surface area contributed by atoms with Gasteiger partial charge in [-0.05, 0) is 31.6 Å². The van der Waals surface area contributed by atoms with E-state index in [4.69, 9.17) is 22.1 Å². The highest BCUT2D eigenvalue weighted by Crippen LogP contribution is 2.37. The number of halogens is 4. The zero-order chi connectivity index (χ0) is 24.2. The molecule has 0 fully saturated rings. The summed E-state index contributed by atoms with van der Waals surface area (Å²) in [5, 5.41) is -0.611. The number of methoxy groups -OCH3 is 1. The average Bonchev–Trinajstić information content (AvgIpc) is 2.76. The lowest BCUT2D eigenvalue weighted by Gasteiger charge is -2.30. The average molecular weight is 482 g/mol. The van der Waals surface area contributed by atoms with E-state index >= 15 is 0 Å². The van der Waals surface area contributed by atoms with Crippen LogP contribution in [-0.2, 0) is 23.9 Å². The third-order valence-corrected chi connectivity index (χ3v) is 5.46. The smallest absolute Gasteiger partial charge is 0.397 e. The van der Waals surface area contributed by atoms with Crippen molar-refractivity contribution >= 4 is 29.4 Å². The number of fused-ring (bicyclic) bond motifs is 1. The van der Waals surface area contributed by atoms with E-state index < -0.39 is 22.7 Å². The number of amides is 1. The number of carbonyl (C=O) groups excluding carboxylic acids is 1. The van der Waals surface area contributed by atoms with E-state index in [-0.39, 0.29) is 18.7 Å². The number of aliphatic imine (C=N–C) groups is 1. The number of allylic oxidation sites excluding steroid dienone is 1. The summed E-state index contributed by atoms with van der Waals surface area (Å²) < 4.78 is 44.5. The first kappa shape index (κ1) is 24.7. The van der Waals surface area contributed by atoms with Crippen LogP contribution in [0.5, 0.6) is 0 Å². The maximum absolute atomic E-state index is 13.2. The highest BCUT2D eigenvalue weighted by Gasteiger charge is 2.36. The minimum absolute atomic E-state index is 0.103. The molecule has 3 rings (SSSR count). The minimum atomic E-state index is -4.65. The van der Waals surface area contributed by atoms with Crippen LogP contribution in [0, 0.1) is 6.92 Å². The normalized spacial score (nSPS) is 14.6. The monoisotopic (exact) mass is 481 g/mol. The van der Waals surface area contributed by atoms with Crippen molar-refractivity contribution in [3.05, 3.63) is 63.2 Å². The molecular formula is C22H23ClF3N5O2. The molecule has 176 valence electrons. The molecule has 0 saturated carbocycles. The third kappa shape index (κ3) is 5.69. The first-order valence-electron chi connectivity index (χ1n) is 10.1. The van der Waals surface area contributed by atoms with Gasteiger partial charge in [0.05, 0.1) is 52.9 Å². The van der Waals surface area contributed by atoms with Gasteiger partial charge in [-0.1, -0.05) is 17.7 Å². The molecule has 2 N–H and O–H groups in total. The number of aromatic nitrogens is 2. The summed E-state index contributed by atoms with van der Waals surface area (Å²) in [5.74, 6) is -0.133. The molecule has 2 heterocycles. The fourth-order valence-electron chi connectivity index (χ4n) is 3.48. The summed E-state index contributed by atoms with van der Waals surface area (Å²) >= 11 is 5.94. The predicted octanol–water partition coefficient (Wildman–Crippen LogP) is 3.67. The summed E-state index contributed by atoms with van der Waals surface area (Å²) in [6, 6.07) is 3.31. The van der Waals surface area contributed by atoms with Gasteiger partial charge in [0, 0.05) is 25.4 Å². The van der Waals surface area contributed by atoms with Crippen LogP contribution in [-0.4, -0.2) is 53.8 Å². The molecule has 1 aromatic carbocycles. The molecule has 0 bridgehead atoms. The van der Waals surface area contributed by atoms with E-state index in [1.54, 1.807) is 26.3 Å². The van der Waals surface area contributed by atoms with Gasteiger partial charge in [-0.2, -0.15) is 13.2 Å². The molecule has 1 aromatic heterocycles. The number of benzene rings is 1. The Bertz CT molecular complexity index is 1100. The van der Waals surface area contributed by atoms with Crippen LogP contribution in [0.1, 0.15) is 38.7 Å². The van der Waals surface area contributed by atoms with Crippen molar-refractivity contribution in [3.63, 3.8) is 0 Å². The molecule has 1 aliphatic rings. The Kier molecular flexibility index (Phi) is 7.70. The van der Waals surface area contributed by atoms with Crippen molar-refractivity contribution in [1.29, 1.82) is 0 Å². The molecule has 0 aliphatic carbocycles. The Morgan fingerprint density at radius 3 is 2.82 bits per heavy atom. The van der Waals surface area contributed by atoms with Gasteiger partial charge in [0.1, 0.15) is 5.82 Å². The first-order valence-corrected chi connectivity index (χ1v) is 10.5. The molecule has 1 amide bonds. The number of aryl methyl sites for hydroxylation is 1. The quantitative estimate of drug-likeness (QED) is 0.502. The van der Waals surface area contributed by atoms with Gasteiger partial charge in [0.25, 0.3) is 5.91 Å². The molecule has 0 spiro atoms. The van der Waals surface area contributed by atoms with E-state index in [1.165, 1.54) is 17.0 Å². The summed E-state index contributed by atoms with van der Waals surface area (Å²) in [6.45, 7) is 3.05. The number of hydrogen-bond donors (Lipinski definition) is 1. The predicted molar refractivity (Wildman–Crippen MR) is 119 cm³/mol. The second-order valence-corrected chi connectivity index (χ2v) is 7.73. The Morgan fingerprint density at radius 2 is 2.12 bits per heavy atom. The molecule has 11 heteroatoms. The van der Waals surface area contributed by atoms with Gasteiger partial charge in [-0.25, -0.2) is 9.97 Å². The molecule has 2 aromatic rings. The Hall–Kier alpha value is -2.98. The number of alkyl halides is 3. The van der Waals surface area contributed by atoms with Crippen LogP contribution in [0.2, 0.25) is 5.02 Å². The van der Waals surface area contributed by atoms with Gasteiger partial charge >= 0.3 is 6.18 Å². The van der Waals surface area contributed by atoms with E-state index in [2.05, 4.69) is 15.0 Å². The van der Waals surface area contributed by atoms with Gasteiger partial charge in [0.2, 0.25) is 0 Å². The molecule has 1 aliphatic heterocycles.